The van der Waals surface area contributed by atoms with Gasteiger partial charge in [-0.2, -0.15) is 0 Å². The number of benzene rings is 1. The standard InChI is InChI=1S/C15H22N2O2/c1-5-10-19-15(18)13-11-12(16-4)8-9-14(13)17(6-2)7-3/h5,8-9,11,16H,1,6-7,10H2,2-4H3. The van der Waals surface area contributed by atoms with Gasteiger partial charge in [-0.1, -0.05) is 12.7 Å². The third-order valence-corrected chi connectivity index (χ3v) is 2.94. The van der Waals surface area contributed by atoms with Gasteiger partial charge in [-0.05, 0) is 32.0 Å². The van der Waals surface area contributed by atoms with Crippen LogP contribution in [0.15, 0.2) is 30.9 Å². The van der Waals surface area contributed by atoms with Gasteiger partial charge in [0.2, 0.25) is 0 Å². The Hall–Kier alpha value is -1.97. The van der Waals surface area contributed by atoms with E-state index in [1.165, 1.54) is 0 Å². The fourth-order valence-corrected chi connectivity index (χ4v) is 1.91. The van der Waals surface area contributed by atoms with Gasteiger partial charge >= 0.3 is 5.97 Å². The molecule has 0 atom stereocenters. The first-order chi connectivity index (χ1) is 9.17. The highest BCUT2D eigenvalue weighted by molar-refractivity contribution is 5.97. The Morgan fingerprint density at radius 1 is 1.42 bits per heavy atom. The number of esters is 1. The summed E-state index contributed by atoms with van der Waals surface area (Å²) in [6.45, 7) is 9.59. The lowest BCUT2D eigenvalue weighted by Gasteiger charge is -2.24. The number of hydrogen-bond acceptors (Lipinski definition) is 4. The van der Waals surface area contributed by atoms with Gasteiger partial charge < -0.3 is 15.0 Å². The van der Waals surface area contributed by atoms with Gasteiger partial charge in [0.05, 0.1) is 11.3 Å². The lowest BCUT2D eigenvalue weighted by Crippen LogP contribution is -2.24. The number of rotatable bonds is 7. The summed E-state index contributed by atoms with van der Waals surface area (Å²) >= 11 is 0. The zero-order valence-electron chi connectivity index (χ0n) is 11.9. The van der Waals surface area contributed by atoms with Crippen LogP contribution in [0.4, 0.5) is 11.4 Å². The SMILES string of the molecule is C=CCOC(=O)c1cc(NC)ccc1N(CC)CC. The van der Waals surface area contributed by atoms with Crippen LogP contribution >= 0.6 is 0 Å². The van der Waals surface area contributed by atoms with E-state index >= 15 is 0 Å². The van der Waals surface area contributed by atoms with E-state index in [0.717, 1.165) is 24.5 Å². The Balaban J connectivity index is 3.14. The Bertz CT molecular complexity index is 440. The van der Waals surface area contributed by atoms with Crippen LogP contribution < -0.4 is 10.2 Å². The highest BCUT2D eigenvalue weighted by Gasteiger charge is 2.16. The van der Waals surface area contributed by atoms with Crippen LogP contribution in [0.2, 0.25) is 0 Å². The molecule has 4 heteroatoms. The smallest absolute Gasteiger partial charge is 0.340 e. The van der Waals surface area contributed by atoms with Crippen molar-refractivity contribution in [3.05, 3.63) is 36.4 Å². The molecule has 0 spiro atoms. The van der Waals surface area contributed by atoms with E-state index in [2.05, 4.69) is 30.6 Å². The summed E-state index contributed by atoms with van der Waals surface area (Å²) in [7, 11) is 1.82. The number of hydrogen-bond donors (Lipinski definition) is 1. The van der Waals surface area contributed by atoms with Crippen LogP contribution in [-0.4, -0.2) is 32.7 Å². The van der Waals surface area contributed by atoms with Crippen molar-refractivity contribution in [3.63, 3.8) is 0 Å². The minimum absolute atomic E-state index is 0.223. The quantitative estimate of drug-likeness (QED) is 0.606. The van der Waals surface area contributed by atoms with Crippen molar-refractivity contribution in [1.29, 1.82) is 0 Å². The minimum atomic E-state index is -0.320. The highest BCUT2D eigenvalue weighted by atomic mass is 16.5. The lowest BCUT2D eigenvalue weighted by atomic mass is 10.1. The van der Waals surface area contributed by atoms with Crippen molar-refractivity contribution in [3.8, 4) is 0 Å². The van der Waals surface area contributed by atoms with Gasteiger partial charge in [0.15, 0.2) is 0 Å². The molecule has 0 saturated heterocycles. The molecule has 1 N–H and O–H groups in total. The molecular formula is C15H22N2O2. The summed E-state index contributed by atoms with van der Waals surface area (Å²) in [5, 5.41) is 3.03. The lowest BCUT2D eigenvalue weighted by molar-refractivity contribution is 0.0550. The summed E-state index contributed by atoms with van der Waals surface area (Å²) in [6, 6.07) is 5.72. The highest BCUT2D eigenvalue weighted by Crippen LogP contribution is 2.25. The third-order valence-electron chi connectivity index (χ3n) is 2.94. The van der Waals surface area contributed by atoms with Gasteiger partial charge in [0, 0.05) is 25.8 Å². The van der Waals surface area contributed by atoms with Crippen LogP contribution in [0.5, 0.6) is 0 Å². The maximum atomic E-state index is 12.1. The second-order valence-electron chi connectivity index (χ2n) is 4.04. The van der Waals surface area contributed by atoms with E-state index in [9.17, 15) is 4.79 Å². The molecule has 0 heterocycles. The molecule has 0 fully saturated rings. The first-order valence-electron chi connectivity index (χ1n) is 6.52. The van der Waals surface area contributed by atoms with Crippen LogP contribution in [-0.2, 0) is 4.74 Å². The second kappa shape index (κ2) is 7.46. The van der Waals surface area contributed by atoms with Gasteiger partial charge in [-0.25, -0.2) is 4.79 Å². The zero-order valence-corrected chi connectivity index (χ0v) is 11.9. The van der Waals surface area contributed by atoms with Crippen molar-refractivity contribution in [2.75, 3.05) is 37.0 Å². The third kappa shape index (κ3) is 3.74. The number of carbonyl (C=O) groups excluding carboxylic acids is 1. The van der Waals surface area contributed by atoms with Gasteiger partial charge in [0.1, 0.15) is 6.61 Å². The summed E-state index contributed by atoms with van der Waals surface area (Å²) in [4.78, 5) is 14.2. The summed E-state index contributed by atoms with van der Waals surface area (Å²) in [5.41, 5.74) is 2.37. The van der Waals surface area contributed by atoms with Crippen LogP contribution in [0.3, 0.4) is 0 Å². The predicted molar refractivity (Wildman–Crippen MR) is 80.0 cm³/mol. The monoisotopic (exact) mass is 262 g/mol. The van der Waals surface area contributed by atoms with E-state index in [1.807, 2.05) is 25.2 Å². The molecular weight excluding hydrogens is 240 g/mol. The van der Waals surface area contributed by atoms with Crippen molar-refractivity contribution in [1.82, 2.24) is 0 Å². The molecule has 0 aliphatic heterocycles. The Morgan fingerprint density at radius 2 is 2.11 bits per heavy atom. The van der Waals surface area contributed by atoms with E-state index in [0.29, 0.717) is 5.56 Å². The average Bonchev–Trinajstić information content (AvgIpc) is 2.46. The normalized spacial score (nSPS) is 9.84. The number of nitrogens with zero attached hydrogens (tertiary/aromatic N) is 1. The molecule has 0 amide bonds. The second-order valence-corrected chi connectivity index (χ2v) is 4.04. The number of ether oxygens (including phenoxy) is 1. The molecule has 1 rings (SSSR count). The molecule has 104 valence electrons. The summed E-state index contributed by atoms with van der Waals surface area (Å²) < 4.78 is 5.15. The van der Waals surface area contributed by atoms with E-state index in [4.69, 9.17) is 4.74 Å². The number of nitrogens with one attached hydrogen (secondary N) is 1. The Morgan fingerprint density at radius 3 is 2.63 bits per heavy atom. The van der Waals surface area contributed by atoms with Gasteiger partial charge in [-0.15, -0.1) is 0 Å². The maximum absolute atomic E-state index is 12.1. The van der Waals surface area contributed by atoms with Crippen LogP contribution in [0, 0.1) is 0 Å². The first kappa shape index (κ1) is 15.1. The minimum Gasteiger partial charge on any atom is -0.458 e. The van der Waals surface area contributed by atoms with Crippen molar-refractivity contribution >= 4 is 17.3 Å². The molecule has 4 nitrogen and oxygen atoms in total. The molecule has 0 radical (unpaired) electrons. The van der Waals surface area contributed by atoms with Crippen molar-refractivity contribution < 1.29 is 9.53 Å². The van der Waals surface area contributed by atoms with E-state index in [1.54, 1.807) is 6.08 Å². The zero-order chi connectivity index (χ0) is 14.3. The maximum Gasteiger partial charge on any atom is 0.340 e. The molecule has 19 heavy (non-hydrogen) atoms. The van der Waals surface area contributed by atoms with Gasteiger partial charge in [-0.3, -0.25) is 0 Å². The predicted octanol–water partition coefficient (Wildman–Crippen LogP) is 2.92. The van der Waals surface area contributed by atoms with E-state index in [-0.39, 0.29) is 12.6 Å². The van der Waals surface area contributed by atoms with Crippen LogP contribution in [0.1, 0.15) is 24.2 Å². The first-order valence-corrected chi connectivity index (χ1v) is 6.52. The molecule has 0 bridgehead atoms. The molecule has 0 unspecified atom stereocenters. The van der Waals surface area contributed by atoms with Crippen LogP contribution in [0.25, 0.3) is 0 Å². The molecule has 0 aliphatic carbocycles. The number of anilines is 2. The fourth-order valence-electron chi connectivity index (χ4n) is 1.91. The molecule has 0 aliphatic rings. The van der Waals surface area contributed by atoms with Crippen molar-refractivity contribution in [2.45, 2.75) is 13.8 Å². The largest absolute Gasteiger partial charge is 0.458 e. The van der Waals surface area contributed by atoms with E-state index < -0.39 is 0 Å². The fraction of sp³-hybridized carbons (Fsp3) is 0.400. The molecule has 0 aromatic heterocycles. The molecule has 1 aromatic rings. The summed E-state index contributed by atoms with van der Waals surface area (Å²) in [6.07, 6.45) is 1.57. The summed E-state index contributed by atoms with van der Waals surface area (Å²) in [5.74, 6) is -0.320. The van der Waals surface area contributed by atoms with Crippen molar-refractivity contribution in [2.24, 2.45) is 0 Å². The average molecular weight is 262 g/mol. The molecule has 0 saturated carbocycles. The number of carbonyl (C=O) groups is 1. The Labute approximate surface area is 115 Å². The topological polar surface area (TPSA) is 41.6 Å². The molecule has 1 aromatic carbocycles. The Kier molecular flexibility index (Phi) is 5.93. The van der Waals surface area contributed by atoms with Gasteiger partial charge in [0.25, 0.3) is 0 Å².